The number of aliphatic hydroxyl groups is 1. The maximum absolute atomic E-state index is 12.3. The summed E-state index contributed by atoms with van der Waals surface area (Å²) in [5.74, 6) is -0.733. The van der Waals surface area contributed by atoms with Crippen LogP contribution in [-0.2, 0) is 0 Å². The molecular weight excluding hydrogens is 320 g/mol. The largest absolute Gasteiger partial charge is 0.467 e. The topological polar surface area (TPSA) is 71.7 Å². The molecule has 1 aromatic carbocycles. The van der Waals surface area contributed by atoms with Gasteiger partial charge in [0.1, 0.15) is 17.6 Å². The summed E-state index contributed by atoms with van der Waals surface area (Å²) in [5.41, 5.74) is -0.153. The second-order valence-electron chi connectivity index (χ2n) is 4.26. The number of benzene rings is 1. The van der Waals surface area contributed by atoms with Crippen molar-refractivity contribution in [2.45, 2.75) is 12.7 Å². The van der Waals surface area contributed by atoms with Crippen molar-refractivity contribution in [2.75, 3.05) is 6.54 Å². The molecule has 0 radical (unpaired) electrons. The Morgan fingerprint density at radius 1 is 1.41 bits per heavy atom. The van der Waals surface area contributed by atoms with Gasteiger partial charge in [0.2, 0.25) is 0 Å². The van der Waals surface area contributed by atoms with E-state index >= 15 is 0 Å². The van der Waals surface area contributed by atoms with Crippen molar-refractivity contribution in [1.82, 2.24) is 5.32 Å². The minimum absolute atomic E-state index is 0.153. The van der Waals surface area contributed by atoms with Crippen LogP contribution in [-0.4, -0.2) is 24.2 Å². The summed E-state index contributed by atoms with van der Waals surface area (Å²) < 4.78 is 33.9. The summed E-state index contributed by atoms with van der Waals surface area (Å²) in [4.78, 5) is 12.0. The molecule has 0 aliphatic rings. The highest BCUT2D eigenvalue weighted by Gasteiger charge is 2.18. The third-order valence-corrected chi connectivity index (χ3v) is 2.96. The zero-order valence-electron chi connectivity index (χ0n) is 11.1. The molecule has 0 saturated heterocycles. The van der Waals surface area contributed by atoms with Crippen LogP contribution in [0.3, 0.4) is 0 Å². The minimum atomic E-state index is -3.07. The first-order valence-electron chi connectivity index (χ1n) is 6.21. The first kappa shape index (κ1) is 16.3. The summed E-state index contributed by atoms with van der Waals surface area (Å²) in [7, 11) is 0. The van der Waals surface area contributed by atoms with Crippen molar-refractivity contribution in [2.24, 2.45) is 0 Å². The highest BCUT2D eigenvalue weighted by atomic mass is 35.5. The molecular formula is C14H12ClF2NO4. The monoisotopic (exact) mass is 331 g/mol. The number of furan rings is 1. The number of hydrogen-bond donors (Lipinski definition) is 2. The van der Waals surface area contributed by atoms with Gasteiger partial charge in [0.15, 0.2) is 0 Å². The quantitative estimate of drug-likeness (QED) is 0.853. The molecule has 2 N–H and O–H groups in total. The van der Waals surface area contributed by atoms with Crippen LogP contribution in [0.1, 0.15) is 22.2 Å². The van der Waals surface area contributed by atoms with Crippen LogP contribution in [0.4, 0.5) is 8.78 Å². The van der Waals surface area contributed by atoms with E-state index in [0.29, 0.717) is 0 Å². The molecule has 2 rings (SSSR count). The van der Waals surface area contributed by atoms with E-state index in [-0.39, 0.29) is 28.6 Å². The van der Waals surface area contributed by atoms with E-state index in [0.717, 1.165) is 0 Å². The molecule has 2 aromatic rings. The first-order chi connectivity index (χ1) is 10.5. The average Bonchev–Trinajstić information content (AvgIpc) is 3.00. The predicted molar refractivity (Wildman–Crippen MR) is 74.1 cm³/mol. The van der Waals surface area contributed by atoms with Crippen molar-refractivity contribution in [3.8, 4) is 5.75 Å². The lowest BCUT2D eigenvalue weighted by molar-refractivity contribution is -0.0501. The Morgan fingerprint density at radius 3 is 2.82 bits per heavy atom. The molecule has 0 spiro atoms. The zero-order chi connectivity index (χ0) is 16.1. The fraction of sp³-hybridized carbons (Fsp3) is 0.214. The smallest absolute Gasteiger partial charge is 0.387 e. The Kier molecular flexibility index (Phi) is 5.35. The third-order valence-electron chi connectivity index (χ3n) is 2.73. The summed E-state index contributed by atoms with van der Waals surface area (Å²) in [6.45, 7) is -3.23. The van der Waals surface area contributed by atoms with Gasteiger partial charge < -0.3 is 19.6 Å². The van der Waals surface area contributed by atoms with Crippen LogP contribution in [0.15, 0.2) is 41.0 Å². The number of carbonyl (C=O) groups excluding carboxylic acids is 1. The van der Waals surface area contributed by atoms with Gasteiger partial charge in [0, 0.05) is 5.02 Å². The molecule has 0 aliphatic heterocycles. The first-order valence-corrected chi connectivity index (χ1v) is 6.59. The molecule has 0 bridgehead atoms. The van der Waals surface area contributed by atoms with Crippen molar-refractivity contribution >= 4 is 17.5 Å². The zero-order valence-corrected chi connectivity index (χ0v) is 11.9. The second kappa shape index (κ2) is 7.24. The van der Waals surface area contributed by atoms with E-state index in [4.69, 9.17) is 16.0 Å². The maximum atomic E-state index is 12.3. The van der Waals surface area contributed by atoms with Crippen LogP contribution < -0.4 is 10.1 Å². The standard InChI is InChI=1S/C14H12ClF2NO4/c15-8-3-4-11(22-14(16)17)9(6-8)13(20)18-7-10(19)12-2-1-5-21-12/h1-6,10,14,19H,7H2,(H,18,20)/t10-/m0/s1. The molecule has 1 atom stereocenters. The highest BCUT2D eigenvalue weighted by molar-refractivity contribution is 6.31. The van der Waals surface area contributed by atoms with Crippen LogP contribution in [0, 0.1) is 0 Å². The van der Waals surface area contributed by atoms with E-state index in [9.17, 15) is 18.7 Å². The molecule has 0 saturated carbocycles. The van der Waals surface area contributed by atoms with E-state index in [1.807, 2.05) is 0 Å². The number of rotatable bonds is 6. The maximum Gasteiger partial charge on any atom is 0.387 e. The molecule has 8 heteroatoms. The van der Waals surface area contributed by atoms with Gasteiger partial charge in [-0.15, -0.1) is 0 Å². The molecule has 0 fully saturated rings. The van der Waals surface area contributed by atoms with Crippen LogP contribution in [0.2, 0.25) is 5.02 Å². The number of ether oxygens (including phenoxy) is 1. The van der Waals surface area contributed by atoms with Crippen LogP contribution in [0.25, 0.3) is 0 Å². The number of amides is 1. The Bertz CT molecular complexity index is 634. The molecule has 1 aromatic heterocycles. The van der Waals surface area contributed by atoms with Gasteiger partial charge in [-0.2, -0.15) is 8.78 Å². The summed E-state index contributed by atoms with van der Waals surface area (Å²) in [5, 5.41) is 12.4. The van der Waals surface area contributed by atoms with Crippen molar-refractivity contribution in [3.63, 3.8) is 0 Å². The van der Waals surface area contributed by atoms with Gasteiger partial charge in [-0.1, -0.05) is 11.6 Å². The Balaban J connectivity index is 2.07. The average molecular weight is 332 g/mol. The summed E-state index contributed by atoms with van der Waals surface area (Å²) in [6.07, 6.45) is 0.323. The van der Waals surface area contributed by atoms with E-state index in [2.05, 4.69) is 10.1 Å². The number of nitrogens with one attached hydrogen (secondary N) is 1. The molecule has 1 heterocycles. The summed E-state index contributed by atoms with van der Waals surface area (Å²) in [6, 6.07) is 6.83. The Hall–Kier alpha value is -2.12. The number of hydrogen-bond acceptors (Lipinski definition) is 4. The number of aliphatic hydroxyl groups excluding tert-OH is 1. The summed E-state index contributed by atoms with van der Waals surface area (Å²) >= 11 is 5.75. The number of carbonyl (C=O) groups is 1. The molecule has 0 unspecified atom stereocenters. The normalized spacial score (nSPS) is 12.2. The lowest BCUT2D eigenvalue weighted by Gasteiger charge is -2.13. The predicted octanol–water partition coefficient (Wildman–Crippen LogP) is 3.00. The highest BCUT2D eigenvalue weighted by Crippen LogP contribution is 2.24. The molecule has 5 nitrogen and oxygen atoms in total. The van der Waals surface area contributed by atoms with Gasteiger partial charge in [-0.05, 0) is 30.3 Å². The number of halogens is 3. The SMILES string of the molecule is O=C(NC[C@H](O)c1ccco1)c1cc(Cl)ccc1OC(F)F. The fourth-order valence-electron chi connectivity index (χ4n) is 1.74. The van der Waals surface area contributed by atoms with Crippen molar-refractivity contribution in [1.29, 1.82) is 0 Å². The van der Waals surface area contributed by atoms with Crippen LogP contribution >= 0.6 is 11.6 Å². The molecule has 0 aliphatic carbocycles. The van der Waals surface area contributed by atoms with Gasteiger partial charge in [0.05, 0.1) is 18.4 Å². The van der Waals surface area contributed by atoms with Crippen LogP contribution in [0.5, 0.6) is 5.75 Å². The molecule has 22 heavy (non-hydrogen) atoms. The second-order valence-corrected chi connectivity index (χ2v) is 4.70. The number of alkyl halides is 2. The lowest BCUT2D eigenvalue weighted by atomic mass is 10.2. The van der Waals surface area contributed by atoms with Crippen molar-refractivity contribution < 1.29 is 27.8 Å². The Labute approximate surface area is 129 Å². The third kappa shape index (κ3) is 4.19. The minimum Gasteiger partial charge on any atom is -0.467 e. The van der Waals surface area contributed by atoms with Gasteiger partial charge in [-0.3, -0.25) is 4.79 Å². The molecule has 1 amide bonds. The van der Waals surface area contributed by atoms with E-state index < -0.39 is 18.6 Å². The Morgan fingerprint density at radius 2 is 2.18 bits per heavy atom. The van der Waals surface area contributed by atoms with Gasteiger partial charge in [0.25, 0.3) is 5.91 Å². The molecule has 118 valence electrons. The van der Waals surface area contributed by atoms with Crippen molar-refractivity contribution in [3.05, 3.63) is 52.9 Å². The van der Waals surface area contributed by atoms with Gasteiger partial charge >= 0.3 is 6.61 Å². The van der Waals surface area contributed by atoms with E-state index in [1.54, 1.807) is 12.1 Å². The van der Waals surface area contributed by atoms with Gasteiger partial charge in [-0.25, -0.2) is 0 Å². The fourth-order valence-corrected chi connectivity index (χ4v) is 1.92. The lowest BCUT2D eigenvalue weighted by Crippen LogP contribution is -2.28. The van der Waals surface area contributed by atoms with E-state index in [1.165, 1.54) is 24.5 Å².